The lowest BCUT2D eigenvalue weighted by atomic mass is 10.2. The topological polar surface area (TPSA) is 47.6 Å². The summed E-state index contributed by atoms with van der Waals surface area (Å²) in [4.78, 5) is 11.1. The normalized spacial score (nSPS) is 24.4. The van der Waals surface area contributed by atoms with Crippen molar-refractivity contribution in [3.63, 3.8) is 0 Å². The van der Waals surface area contributed by atoms with Crippen LogP contribution in [-0.4, -0.2) is 25.3 Å². The quantitative estimate of drug-likeness (QED) is 0.772. The van der Waals surface area contributed by atoms with E-state index in [2.05, 4.69) is 5.32 Å². The number of nitrogens with one attached hydrogen (secondary N) is 1. The Bertz CT molecular complexity index is 353. The van der Waals surface area contributed by atoms with Crippen molar-refractivity contribution in [2.45, 2.75) is 25.4 Å². The Labute approximate surface area is 94.6 Å². The SMILES string of the molecule is CNC1CC(=O)OC1OCc1ccccc1. The van der Waals surface area contributed by atoms with Crippen molar-refractivity contribution < 1.29 is 14.3 Å². The number of ether oxygens (including phenoxy) is 2. The monoisotopic (exact) mass is 221 g/mol. The van der Waals surface area contributed by atoms with Crippen LogP contribution in [0.5, 0.6) is 0 Å². The highest BCUT2D eigenvalue weighted by Crippen LogP contribution is 2.17. The fraction of sp³-hybridized carbons (Fsp3) is 0.417. The Hall–Kier alpha value is -1.39. The summed E-state index contributed by atoms with van der Waals surface area (Å²) < 4.78 is 10.6. The standard InChI is InChI=1S/C12H15NO3/c1-13-10-7-11(14)16-12(10)15-8-9-5-3-2-4-6-9/h2-6,10,12-13H,7-8H2,1H3. The summed E-state index contributed by atoms with van der Waals surface area (Å²) in [7, 11) is 1.80. The van der Waals surface area contributed by atoms with Crippen LogP contribution in [-0.2, 0) is 20.9 Å². The van der Waals surface area contributed by atoms with Gasteiger partial charge in [0.1, 0.15) is 0 Å². The number of rotatable bonds is 4. The zero-order chi connectivity index (χ0) is 11.4. The number of hydrogen-bond acceptors (Lipinski definition) is 4. The largest absolute Gasteiger partial charge is 0.434 e. The maximum absolute atomic E-state index is 11.1. The predicted octanol–water partition coefficient (Wildman–Crippen LogP) is 1.06. The van der Waals surface area contributed by atoms with E-state index in [9.17, 15) is 4.79 Å². The minimum absolute atomic E-state index is 0.0452. The summed E-state index contributed by atoms with van der Waals surface area (Å²) in [5, 5.41) is 3.01. The third-order valence-corrected chi connectivity index (χ3v) is 2.59. The molecule has 1 aliphatic rings. The van der Waals surface area contributed by atoms with Crippen LogP contribution in [0.15, 0.2) is 30.3 Å². The zero-order valence-corrected chi connectivity index (χ0v) is 9.18. The Balaban J connectivity index is 1.88. The van der Waals surface area contributed by atoms with Crippen LogP contribution in [0.25, 0.3) is 0 Å². The molecule has 0 amide bonds. The second kappa shape index (κ2) is 5.09. The molecule has 2 atom stereocenters. The van der Waals surface area contributed by atoms with Crippen LogP contribution >= 0.6 is 0 Å². The smallest absolute Gasteiger partial charge is 0.309 e. The van der Waals surface area contributed by atoms with Crippen LogP contribution in [0.4, 0.5) is 0 Å². The lowest BCUT2D eigenvalue weighted by Gasteiger charge is -2.17. The summed E-state index contributed by atoms with van der Waals surface area (Å²) >= 11 is 0. The van der Waals surface area contributed by atoms with E-state index in [1.807, 2.05) is 30.3 Å². The number of hydrogen-bond donors (Lipinski definition) is 1. The molecule has 0 spiro atoms. The van der Waals surface area contributed by atoms with Crippen LogP contribution in [0.3, 0.4) is 0 Å². The van der Waals surface area contributed by atoms with Crippen molar-refractivity contribution in [3.8, 4) is 0 Å². The first-order valence-electron chi connectivity index (χ1n) is 5.32. The number of esters is 1. The molecular formula is C12H15NO3. The molecule has 86 valence electrons. The van der Waals surface area contributed by atoms with Gasteiger partial charge in [-0.2, -0.15) is 0 Å². The van der Waals surface area contributed by atoms with Crippen LogP contribution < -0.4 is 5.32 Å². The van der Waals surface area contributed by atoms with Gasteiger partial charge in [0.15, 0.2) is 0 Å². The van der Waals surface area contributed by atoms with Gasteiger partial charge in [-0.25, -0.2) is 0 Å². The molecule has 1 aliphatic heterocycles. The van der Waals surface area contributed by atoms with E-state index in [1.165, 1.54) is 0 Å². The summed E-state index contributed by atoms with van der Waals surface area (Å²) in [6.45, 7) is 0.455. The van der Waals surface area contributed by atoms with Gasteiger partial charge in [0.25, 0.3) is 0 Å². The van der Waals surface area contributed by atoms with Gasteiger partial charge in [0.2, 0.25) is 6.29 Å². The number of cyclic esters (lactones) is 1. The first-order valence-corrected chi connectivity index (χ1v) is 5.32. The number of benzene rings is 1. The van der Waals surface area contributed by atoms with Crippen molar-refractivity contribution >= 4 is 5.97 Å². The van der Waals surface area contributed by atoms with Crippen molar-refractivity contribution in [2.75, 3.05) is 7.05 Å². The number of carbonyl (C=O) groups is 1. The van der Waals surface area contributed by atoms with E-state index in [4.69, 9.17) is 9.47 Å². The first-order chi connectivity index (χ1) is 7.79. The highest BCUT2D eigenvalue weighted by Gasteiger charge is 2.34. The zero-order valence-electron chi connectivity index (χ0n) is 9.18. The fourth-order valence-corrected chi connectivity index (χ4v) is 1.68. The Kier molecular flexibility index (Phi) is 3.54. The van der Waals surface area contributed by atoms with Gasteiger partial charge in [-0.15, -0.1) is 0 Å². The minimum atomic E-state index is -0.474. The van der Waals surface area contributed by atoms with Gasteiger partial charge in [-0.1, -0.05) is 30.3 Å². The van der Waals surface area contributed by atoms with Crippen molar-refractivity contribution in [1.29, 1.82) is 0 Å². The molecule has 1 aromatic carbocycles. The maximum atomic E-state index is 11.1. The molecule has 0 saturated carbocycles. The lowest BCUT2D eigenvalue weighted by molar-refractivity contribution is -0.167. The summed E-state index contributed by atoms with van der Waals surface area (Å²) in [6.07, 6.45) is -0.103. The summed E-state index contributed by atoms with van der Waals surface area (Å²) in [5.41, 5.74) is 1.07. The number of carbonyl (C=O) groups excluding carboxylic acids is 1. The molecule has 0 bridgehead atoms. The Morgan fingerprint density at radius 3 is 2.88 bits per heavy atom. The highest BCUT2D eigenvalue weighted by molar-refractivity contribution is 5.72. The molecule has 4 heteroatoms. The van der Waals surface area contributed by atoms with Crippen molar-refractivity contribution in [2.24, 2.45) is 0 Å². The molecule has 0 aliphatic carbocycles. The molecular weight excluding hydrogens is 206 g/mol. The molecule has 0 radical (unpaired) electrons. The molecule has 1 saturated heterocycles. The Morgan fingerprint density at radius 2 is 2.19 bits per heavy atom. The highest BCUT2D eigenvalue weighted by atomic mass is 16.7. The molecule has 1 fully saturated rings. The van der Waals surface area contributed by atoms with E-state index in [1.54, 1.807) is 7.05 Å². The van der Waals surface area contributed by atoms with E-state index < -0.39 is 6.29 Å². The van der Waals surface area contributed by atoms with E-state index >= 15 is 0 Å². The van der Waals surface area contributed by atoms with Gasteiger partial charge in [0.05, 0.1) is 19.1 Å². The van der Waals surface area contributed by atoms with E-state index in [0.29, 0.717) is 13.0 Å². The summed E-state index contributed by atoms with van der Waals surface area (Å²) in [5.74, 6) is -0.211. The van der Waals surface area contributed by atoms with Crippen molar-refractivity contribution in [3.05, 3.63) is 35.9 Å². The van der Waals surface area contributed by atoms with Gasteiger partial charge >= 0.3 is 5.97 Å². The molecule has 0 aromatic heterocycles. The summed E-state index contributed by atoms with van der Waals surface area (Å²) in [6, 6.07) is 9.77. The first kappa shape index (κ1) is 11.1. The van der Waals surface area contributed by atoms with Gasteiger partial charge < -0.3 is 14.8 Å². The molecule has 1 aromatic rings. The van der Waals surface area contributed by atoms with Crippen LogP contribution in [0.1, 0.15) is 12.0 Å². The van der Waals surface area contributed by atoms with Gasteiger partial charge in [0, 0.05) is 0 Å². The molecule has 2 rings (SSSR count). The second-order valence-electron chi connectivity index (χ2n) is 3.75. The molecule has 2 unspecified atom stereocenters. The van der Waals surface area contributed by atoms with E-state index in [-0.39, 0.29) is 12.0 Å². The Morgan fingerprint density at radius 1 is 1.44 bits per heavy atom. The molecule has 1 N–H and O–H groups in total. The third kappa shape index (κ3) is 2.59. The molecule has 1 heterocycles. The van der Waals surface area contributed by atoms with Gasteiger partial charge in [-0.05, 0) is 12.6 Å². The van der Waals surface area contributed by atoms with Gasteiger partial charge in [-0.3, -0.25) is 4.79 Å². The van der Waals surface area contributed by atoms with Crippen LogP contribution in [0.2, 0.25) is 0 Å². The van der Waals surface area contributed by atoms with Crippen molar-refractivity contribution in [1.82, 2.24) is 5.32 Å². The molecule has 16 heavy (non-hydrogen) atoms. The molecule has 4 nitrogen and oxygen atoms in total. The van der Waals surface area contributed by atoms with E-state index in [0.717, 1.165) is 5.56 Å². The average Bonchev–Trinajstić information content (AvgIpc) is 2.68. The second-order valence-corrected chi connectivity index (χ2v) is 3.75. The number of likely N-dealkylation sites (N-methyl/N-ethyl adjacent to an activating group) is 1. The lowest BCUT2D eigenvalue weighted by Crippen LogP contribution is -2.35. The fourth-order valence-electron chi connectivity index (χ4n) is 1.68. The average molecular weight is 221 g/mol. The minimum Gasteiger partial charge on any atom is -0.434 e. The maximum Gasteiger partial charge on any atom is 0.309 e. The third-order valence-electron chi connectivity index (χ3n) is 2.59. The van der Waals surface area contributed by atoms with Crippen LogP contribution in [0, 0.1) is 0 Å². The predicted molar refractivity (Wildman–Crippen MR) is 58.6 cm³/mol.